The van der Waals surface area contributed by atoms with Crippen LogP contribution in [0.25, 0.3) is 0 Å². The number of amides is 1. The van der Waals surface area contributed by atoms with Gasteiger partial charge in [-0.2, -0.15) is 0 Å². The number of phenols is 1. The molecule has 0 atom stereocenters. The number of hydrogen-bond donors (Lipinski definition) is 2. The number of thiophene rings is 1. The van der Waals surface area contributed by atoms with Gasteiger partial charge in [-0.1, -0.05) is 6.07 Å². The van der Waals surface area contributed by atoms with Gasteiger partial charge in [-0.25, -0.2) is 0 Å². The van der Waals surface area contributed by atoms with Crippen LogP contribution in [0.4, 0.5) is 5.69 Å². The van der Waals surface area contributed by atoms with Gasteiger partial charge in [0.05, 0.1) is 11.3 Å². The zero-order chi connectivity index (χ0) is 14.1. The maximum atomic E-state index is 12.4. The van der Waals surface area contributed by atoms with Gasteiger partial charge in [0.15, 0.2) is 0 Å². The molecule has 1 aliphatic rings. The van der Waals surface area contributed by atoms with Crippen LogP contribution in [0.3, 0.4) is 0 Å². The fourth-order valence-corrected chi connectivity index (χ4v) is 3.75. The lowest BCUT2D eigenvalue weighted by Gasteiger charge is -2.13. The molecule has 1 aliphatic carbocycles. The van der Waals surface area contributed by atoms with Gasteiger partial charge in [-0.15, -0.1) is 11.3 Å². The van der Waals surface area contributed by atoms with E-state index in [2.05, 4.69) is 5.32 Å². The smallest absolute Gasteiger partial charge is 0.256 e. The van der Waals surface area contributed by atoms with Crippen LogP contribution in [0.2, 0.25) is 0 Å². The van der Waals surface area contributed by atoms with Gasteiger partial charge < -0.3 is 10.4 Å². The van der Waals surface area contributed by atoms with E-state index in [9.17, 15) is 9.90 Å². The Morgan fingerprint density at radius 1 is 1.30 bits per heavy atom. The van der Waals surface area contributed by atoms with Crippen molar-refractivity contribution in [3.8, 4) is 5.75 Å². The first-order valence-electron chi connectivity index (χ1n) is 6.85. The number of fused-ring (bicyclic) bond motifs is 1. The van der Waals surface area contributed by atoms with Crippen molar-refractivity contribution in [3.05, 3.63) is 45.1 Å². The third-order valence-corrected chi connectivity index (χ3v) is 4.80. The zero-order valence-electron chi connectivity index (χ0n) is 11.4. The second-order valence-electron chi connectivity index (χ2n) is 5.23. The summed E-state index contributed by atoms with van der Waals surface area (Å²) in [7, 11) is 0. The van der Waals surface area contributed by atoms with Gasteiger partial charge in [-0.3, -0.25) is 4.79 Å². The van der Waals surface area contributed by atoms with Crippen LogP contribution in [0.5, 0.6) is 5.75 Å². The fraction of sp³-hybridized carbons (Fsp3) is 0.312. The Labute approximate surface area is 122 Å². The molecule has 2 N–H and O–H groups in total. The van der Waals surface area contributed by atoms with Crippen LogP contribution < -0.4 is 5.32 Å². The lowest BCUT2D eigenvalue weighted by molar-refractivity contribution is 0.102. The normalized spacial score (nSPS) is 13.8. The van der Waals surface area contributed by atoms with E-state index in [1.165, 1.54) is 16.9 Å². The highest BCUT2D eigenvalue weighted by Crippen LogP contribution is 2.31. The zero-order valence-corrected chi connectivity index (χ0v) is 12.2. The fourth-order valence-electron chi connectivity index (χ4n) is 2.62. The largest absolute Gasteiger partial charge is 0.506 e. The Bertz CT molecular complexity index is 660. The number of rotatable bonds is 2. The van der Waals surface area contributed by atoms with Crippen molar-refractivity contribution in [1.29, 1.82) is 0 Å². The van der Waals surface area contributed by atoms with Crippen molar-refractivity contribution in [2.45, 2.75) is 32.6 Å². The Hall–Kier alpha value is -1.81. The summed E-state index contributed by atoms with van der Waals surface area (Å²) in [6.45, 7) is 1.90. The molecular weight excluding hydrogens is 270 g/mol. The van der Waals surface area contributed by atoms with Crippen LogP contribution in [0, 0.1) is 6.92 Å². The average molecular weight is 287 g/mol. The number of carbonyl (C=O) groups excluding carboxylic acids is 1. The summed E-state index contributed by atoms with van der Waals surface area (Å²) in [6.07, 6.45) is 4.44. The minimum Gasteiger partial charge on any atom is -0.506 e. The van der Waals surface area contributed by atoms with Crippen molar-refractivity contribution < 1.29 is 9.90 Å². The van der Waals surface area contributed by atoms with Gasteiger partial charge in [-0.05, 0) is 55.9 Å². The van der Waals surface area contributed by atoms with E-state index in [4.69, 9.17) is 0 Å². The molecule has 0 saturated heterocycles. The molecule has 0 radical (unpaired) electrons. The summed E-state index contributed by atoms with van der Waals surface area (Å²) in [5.74, 6) is -0.00833. The van der Waals surface area contributed by atoms with E-state index in [1.54, 1.807) is 23.5 Å². The molecule has 1 aromatic carbocycles. The molecule has 0 bridgehead atoms. The third kappa shape index (κ3) is 2.43. The lowest BCUT2D eigenvalue weighted by atomic mass is 9.95. The topological polar surface area (TPSA) is 49.3 Å². The SMILES string of the molecule is Cc1ccc(NC(=O)c2csc3c2CCCC3)c(O)c1. The van der Waals surface area contributed by atoms with Gasteiger partial charge in [0, 0.05) is 10.3 Å². The number of benzene rings is 1. The monoisotopic (exact) mass is 287 g/mol. The van der Waals surface area contributed by atoms with E-state index >= 15 is 0 Å². The van der Waals surface area contributed by atoms with E-state index in [0.29, 0.717) is 5.69 Å². The molecule has 20 heavy (non-hydrogen) atoms. The first-order chi connectivity index (χ1) is 9.65. The van der Waals surface area contributed by atoms with Crippen molar-refractivity contribution in [3.63, 3.8) is 0 Å². The quantitative estimate of drug-likeness (QED) is 0.823. The minimum absolute atomic E-state index is 0.113. The van der Waals surface area contributed by atoms with Crippen molar-refractivity contribution in [2.24, 2.45) is 0 Å². The second kappa shape index (κ2) is 5.29. The predicted molar refractivity (Wildman–Crippen MR) is 81.8 cm³/mol. The van der Waals surface area contributed by atoms with Crippen LogP contribution in [-0.4, -0.2) is 11.0 Å². The number of carbonyl (C=O) groups is 1. The molecule has 1 heterocycles. The number of hydrogen-bond acceptors (Lipinski definition) is 3. The van der Waals surface area contributed by atoms with Crippen LogP contribution in [0.15, 0.2) is 23.6 Å². The molecule has 3 rings (SSSR count). The van der Waals surface area contributed by atoms with Gasteiger partial charge in [0.2, 0.25) is 0 Å². The summed E-state index contributed by atoms with van der Waals surface area (Å²) >= 11 is 1.67. The van der Waals surface area contributed by atoms with Gasteiger partial charge >= 0.3 is 0 Å². The summed E-state index contributed by atoms with van der Waals surface area (Å²) in [5, 5.41) is 14.6. The predicted octanol–water partition coefficient (Wildman–Crippen LogP) is 3.89. The number of aryl methyl sites for hydroxylation is 2. The van der Waals surface area contributed by atoms with Crippen molar-refractivity contribution in [2.75, 3.05) is 5.32 Å². The molecular formula is C16H17NO2S. The van der Waals surface area contributed by atoms with Crippen LogP contribution in [0.1, 0.15) is 39.2 Å². The molecule has 1 amide bonds. The number of nitrogens with one attached hydrogen (secondary N) is 1. The van der Waals surface area contributed by atoms with Crippen molar-refractivity contribution in [1.82, 2.24) is 0 Å². The number of anilines is 1. The number of phenolic OH excluding ortho intramolecular Hbond substituents is 1. The summed E-state index contributed by atoms with van der Waals surface area (Å²) < 4.78 is 0. The first kappa shape index (κ1) is 13.2. The molecule has 0 spiro atoms. The third-order valence-electron chi connectivity index (χ3n) is 3.71. The lowest BCUT2D eigenvalue weighted by Crippen LogP contribution is -2.14. The summed E-state index contributed by atoms with van der Waals surface area (Å²) in [6, 6.07) is 5.26. The van der Waals surface area contributed by atoms with E-state index < -0.39 is 0 Å². The minimum atomic E-state index is -0.122. The molecule has 0 fully saturated rings. The Morgan fingerprint density at radius 3 is 2.90 bits per heavy atom. The molecule has 3 nitrogen and oxygen atoms in total. The molecule has 1 aromatic heterocycles. The molecule has 0 aliphatic heterocycles. The van der Waals surface area contributed by atoms with E-state index in [0.717, 1.165) is 30.4 Å². The highest BCUT2D eigenvalue weighted by Gasteiger charge is 2.20. The second-order valence-corrected chi connectivity index (χ2v) is 6.20. The molecule has 4 heteroatoms. The molecule has 2 aromatic rings. The molecule has 104 valence electrons. The van der Waals surface area contributed by atoms with Gasteiger partial charge in [0.1, 0.15) is 5.75 Å². The van der Waals surface area contributed by atoms with E-state index in [1.807, 2.05) is 18.4 Å². The Kier molecular flexibility index (Phi) is 3.49. The van der Waals surface area contributed by atoms with Crippen LogP contribution in [-0.2, 0) is 12.8 Å². The summed E-state index contributed by atoms with van der Waals surface area (Å²) in [4.78, 5) is 13.7. The van der Waals surface area contributed by atoms with Crippen molar-refractivity contribution >= 4 is 22.9 Å². The number of aromatic hydroxyl groups is 1. The average Bonchev–Trinajstić information content (AvgIpc) is 2.86. The van der Waals surface area contributed by atoms with Gasteiger partial charge in [0.25, 0.3) is 5.91 Å². The maximum Gasteiger partial charge on any atom is 0.256 e. The molecule has 0 unspecified atom stereocenters. The Balaban J connectivity index is 1.84. The standard InChI is InChI=1S/C16H17NO2S/c1-10-6-7-13(14(18)8-10)17-16(19)12-9-20-15-5-3-2-4-11(12)15/h6-9,18H,2-5H2,1H3,(H,17,19). The van der Waals surface area contributed by atoms with E-state index in [-0.39, 0.29) is 11.7 Å². The maximum absolute atomic E-state index is 12.4. The summed E-state index contributed by atoms with van der Waals surface area (Å²) in [5.41, 5.74) is 3.40. The highest BCUT2D eigenvalue weighted by molar-refractivity contribution is 7.10. The van der Waals surface area contributed by atoms with Crippen LogP contribution >= 0.6 is 11.3 Å². The highest BCUT2D eigenvalue weighted by atomic mass is 32.1. The Morgan fingerprint density at radius 2 is 2.10 bits per heavy atom. The first-order valence-corrected chi connectivity index (χ1v) is 7.73. The molecule has 0 saturated carbocycles.